The summed E-state index contributed by atoms with van der Waals surface area (Å²) in [7, 11) is -4.20. The molecule has 2 saturated heterocycles. The topological polar surface area (TPSA) is 192 Å². The van der Waals surface area contributed by atoms with Crippen LogP contribution in [-0.4, -0.2) is 76.1 Å². The molecule has 3 atom stereocenters. The van der Waals surface area contributed by atoms with Crippen LogP contribution in [0.1, 0.15) is 40.9 Å². The molecule has 4 N–H and O–H groups in total. The predicted molar refractivity (Wildman–Crippen MR) is 156 cm³/mol. The summed E-state index contributed by atoms with van der Waals surface area (Å²) in [5.41, 5.74) is 3.35. The van der Waals surface area contributed by atoms with Gasteiger partial charge in [-0.15, -0.1) is 0 Å². The van der Waals surface area contributed by atoms with Crippen molar-refractivity contribution in [3.05, 3.63) is 95.6 Å². The van der Waals surface area contributed by atoms with Crippen LogP contribution in [-0.2, 0) is 29.0 Å². The van der Waals surface area contributed by atoms with Gasteiger partial charge in [-0.2, -0.15) is 5.10 Å². The highest BCUT2D eigenvalue weighted by Gasteiger charge is 2.70. The lowest BCUT2D eigenvalue weighted by Gasteiger charge is -2.36. The molecule has 0 aromatic heterocycles. The number of ether oxygens (including phenoxy) is 1. The van der Waals surface area contributed by atoms with Crippen molar-refractivity contribution in [3.8, 4) is 11.5 Å². The van der Waals surface area contributed by atoms with Gasteiger partial charge in [0.2, 0.25) is 5.91 Å². The van der Waals surface area contributed by atoms with E-state index in [0.29, 0.717) is 11.1 Å². The monoisotopic (exact) mass is 620 g/mol. The van der Waals surface area contributed by atoms with E-state index in [1.54, 1.807) is 60.7 Å². The lowest BCUT2D eigenvalue weighted by Crippen LogP contribution is -2.58. The van der Waals surface area contributed by atoms with Gasteiger partial charge in [-0.25, -0.2) is 18.6 Å². The quantitative estimate of drug-likeness (QED) is 0.0900. The number of hydrogen-bond donors (Lipinski definition) is 4. The Morgan fingerprint density at radius 3 is 2.20 bits per heavy atom. The fraction of sp³-hybridized carbons (Fsp3) is 0.233. The zero-order chi connectivity index (χ0) is 31.6. The number of phenols is 2. The van der Waals surface area contributed by atoms with Gasteiger partial charge in [0.25, 0.3) is 11.8 Å². The first kappa shape index (κ1) is 30.2. The average molecular weight is 621 g/mol. The molecule has 2 fully saturated rings. The predicted octanol–water partition coefficient (Wildman–Crippen LogP) is 1.38. The van der Waals surface area contributed by atoms with Crippen LogP contribution in [0.2, 0.25) is 0 Å². The summed E-state index contributed by atoms with van der Waals surface area (Å²) < 4.78 is 31.0. The molecular formula is C30H28N4O9S. The maximum absolute atomic E-state index is 13.8. The highest BCUT2D eigenvalue weighted by molar-refractivity contribution is 7.94. The summed E-state index contributed by atoms with van der Waals surface area (Å²) in [4.78, 5) is 52.0. The van der Waals surface area contributed by atoms with Crippen molar-refractivity contribution in [1.82, 2.24) is 15.6 Å². The molecule has 3 aromatic carbocycles. The Bertz CT molecular complexity index is 1710. The van der Waals surface area contributed by atoms with Crippen molar-refractivity contribution in [2.24, 2.45) is 5.10 Å². The van der Waals surface area contributed by atoms with Gasteiger partial charge in [-0.1, -0.05) is 60.7 Å². The highest BCUT2D eigenvalue weighted by atomic mass is 32.2. The van der Waals surface area contributed by atoms with Crippen molar-refractivity contribution in [2.45, 2.75) is 35.6 Å². The lowest BCUT2D eigenvalue weighted by atomic mass is 9.96. The standard InChI is InChI=1S/C30H28N4O9S/c1-30(17-32-33-23(37)16-31-28(39)20-12-13-21(35)22(36)14-20)27(34-24(38)15-25(34)44(30,41)42)29(40)43-26(18-8-4-2-5-9-18)19-10-6-3-7-11-19/h2-14,17,25-27,35-36H,15-16H2,1H3,(H,31,39)(H,33,37)/b32-17+. The Balaban J connectivity index is 1.34. The molecule has 0 aliphatic carbocycles. The Kier molecular flexibility index (Phi) is 8.11. The van der Waals surface area contributed by atoms with Crippen molar-refractivity contribution < 1.29 is 42.5 Å². The van der Waals surface area contributed by atoms with Crippen LogP contribution in [0, 0.1) is 0 Å². The van der Waals surface area contributed by atoms with Crippen LogP contribution in [0.4, 0.5) is 0 Å². The number of amides is 3. The molecule has 3 unspecified atom stereocenters. The molecule has 3 amide bonds. The minimum absolute atomic E-state index is 0.0268. The largest absolute Gasteiger partial charge is 0.504 e. The number of β-lactam (4-membered cyclic amide) rings is 1. The highest BCUT2D eigenvalue weighted by Crippen LogP contribution is 2.46. The van der Waals surface area contributed by atoms with E-state index in [4.69, 9.17) is 4.74 Å². The van der Waals surface area contributed by atoms with Crippen molar-refractivity contribution in [1.29, 1.82) is 0 Å². The van der Waals surface area contributed by atoms with E-state index in [1.807, 2.05) is 0 Å². The third kappa shape index (κ3) is 5.46. The number of nitrogens with one attached hydrogen (secondary N) is 2. The van der Waals surface area contributed by atoms with E-state index in [2.05, 4.69) is 15.8 Å². The minimum atomic E-state index is -4.20. The zero-order valence-corrected chi connectivity index (χ0v) is 24.1. The maximum Gasteiger partial charge on any atom is 0.331 e. The van der Waals surface area contributed by atoms with Crippen molar-refractivity contribution in [2.75, 3.05) is 6.54 Å². The number of hydrogen-bond acceptors (Lipinski definition) is 10. The maximum atomic E-state index is 13.8. The second-order valence-electron chi connectivity index (χ2n) is 10.4. The molecule has 0 radical (unpaired) electrons. The molecular weight excluding hydrogens is 592 g/mol. The van der Waals surface area contributed by atoms with Crippen LogP contribution in [0.25, 0.3) is 0 Å². The van der Waals surface area contributed by atoms with E-state index < -0.39 is 73.8 Å². The first-order chi connectivity index (χ1) is 20.9. The normalized spacial score (nSPS) is 21.9. The summed E-state index contributed by atoms with van der Waals surface area (Å²) in [5, 5.41) is 23.8. The van der Waals surface area contributed by atoms with Gasteiger partial charge in [0, 0.05) is 11.8 Å². The van der Waals surface area contributed by atoms with E-state index in [0.717, 1.165) is 23.2 Å². The Hall–Kier alpha value is -5.24. The SMILES string of the molecule is CC1(/C=N/NC(=O)CNC(=O)c2ccc(O)c(O)c2)C(C(=O)OC(c2ccccc2)c2ccccc2)N2C(=O)CC2S1(=O)=O. The molecule has 13 nitrogen and oxygen atoms in total. The molecule has 2 aliphatic rings. The van der Waals surface area contributed by atoms with Crippen LogP contribution >= 0.6 is 0 Å². The zero-order valence-electron chi connectivity index (χ0n) is 23.3. The first-order valence-corrected chi connectivity index (χ1v) is 15.0. The van der Waals surface area contributed by atoms with Crippen LogP contribution in [0.15, 0.2) is 84.0 Å². The molecule has 3 aromatic rings. The Morgan fingerprint density at radius 2 is 1.64 bits per heavy atom. The number of carbonyl (C=O) groups excluding carboxylic acids is 4. The molecule has 2 aliphatic heterocycles. The number of benzene rings is 3. The smallest absolute Gasteiger partial charge is 0.331 e. The van der Waals surface area contributed by atoms with E-state index in [9.17, 15) is 37.8 Å². The van der Waals surface area contributed by atoms with Crippen LogP contribution in [0.5, 0.6) is 11.5 Å². The molecule has 0 saturated carbocycles. The number of phenolic OH excluding ortho intramolecular Hbond substituents is 2. The molecule has 44 heavy (non-hydrogen) atoms. The second-order valence-corrected chi connectivity index (χ2v) is 12.9. The fourth-order valence-electron chi connectivity index (χ4n) is 5.15. The number of hydrazone groups is 1. The minimum Gasteiger partial charge on any atom is -0.504 e. The van der Waals surface area contributed by atoms with Crippen molar-refractivity contribution in [3.63, 3.8) is 0 Å². The van der Waals surface area contributed by atoms with Gasteiger partial charge >= 0.3 is 5.97 Å². The average Bonchev–Trinajstić information content (AvgIpc) is 3.15. The fourth-order valence-corrected chi connectivity index (χ4v) is 7.36. The second kappa shape index (κ2) is 11.8. The third-order valence-electron chi connectivity index (χ3n) is 7.56. The number of rotatable bonds is 9. The van der Waals surface area contributed by atoms with Crippen LogP contribution < -0.4 is 10.7 Å². The van der Waals surface area contributed by atoms with Crippen molar-refractivity contribution >= 4 is 39.7 Å². The van der Waals surface area contributed by atoms with Gasteiger partial charge in [-0.05, 0) is 36.2 Å². The summed E-state index contributed by atoms with van der Waals surface area (Å²) in [5.74, 6) is -4.02. The number of esters is 1. The summed E-state index contributed by atoms with van der Waals surface area (Å²) in [6.07, 6.45) is -0.317. The van der Waals surface area contributed by atoms with Gasteiger partial charge in [-0.3, -0.25) is 14.4 Å². The number of fused-ring (bicyclic) bond motifs is 1. The molecule has 0 spiro atoms. The summed E-state index contributed by atoms with van der Waals surface area (Å²) >= 11 is 0. The van der Waals surface area contributed by atoms with Gasteiger partial charge in [0.1, 0.15) is 10.1 Å². The van der Waals surface area contributed by atoms with Gasteiger partial charge < -0.3 is 25.2 Å². The lowest BCUT2D eigenvalue weighted by molar-refractivity contribution is -0.163. The van der Waals surface area contributed by atoms with E-state index in [1.165, 1.54) is 13.0 Å². The van der Waals surface area contributed by atoms with Crippen LogP contribution in [0.3, 0.4) is 0 Å². The first-order valence-electron chi connectivity index (χ1n) is 13.4. The molecule has 0 bridgehead atoms. The number of carbonyl (C=O) groups is 4. The molecule has 2 heterocycles. The van der Waals surface area contributed by atoms with Gasteiger partial charge in [0.15, 0.2) is 33.5 Å². The van der Waals surface area contributed by atoms with E-state index in [-0.39, 0.29) is 12.0 Å². The summed E-state index contributed by atoms with van der Waals surface area (Å²) in [6.45, 7) is 0.657. The molecule has 228 valence electrons. The summed E-state index contributed by atoms with van der Waals surface area (Å²) in [6, 6.07) is 19.5. The third-order valence-corrected chi connectivity index (χ3v) is 10.2. The Labute approximate surface area is 252 Å². The van der Waals surface area contributed by atoms with Gasteiger partial charge in [0.05, 0.1) is 13.0 Å². The number of nitrogens with zero attached hydrogens (tertiary/aromatic N) is 2. The molecule has 14 heteroatoms. The number of aromatic hydroxyl groups is 2. The molecule has 5 rings (SSSR count). The van der Waals surface area contributed by atoms with E-state index >= 15 is 0 Å². The Morgan fingerprint density at radius 1 is 1.02 bits per heavy atom. The number of sulfone groups is 1.